The molecule has 0 radical (unpaired) electrons. The van der Waals surface area contributed by atoms with Crippen LogP contribution < -0.4 is 10.4 Å². The molecule has 0 aliphatic heterocycles. The lowest BCUT2D eigenvalue weighted by Crippen LogP contribution is -2.24. The van der Waals surface area contributed by atoms with Crippen molar-refractivity contribution in [1.82, 2.24) is 29.8 Å². The highest BCUT2D eigenvalue weighted by Crippen LogP contribution is 2.20. The van der Waals surface area contributed by atoms with Crippen LogP contribution in [0.25, 0.3) is 5.82 Å². The van der Waals surface area contributed by atoms with E-state index in [-0.39, 0.29) is 18.5 Å². The van der Waals surface area contributed by atoms with Crippen LogP contribution in [0.5, 0.6) is 5.19 Å². The van der Waals surface area contributed by atoms with Crippen molar-refractivity contribution in [3.05, 3.63) is 45.4 Å². The van der Waals surface area contributed by atoms with Gasteiger partial charge in [0, 0.05) is 30.4 Å². The summed E-state index contributed by atoms with van der Waals surface area (Å²) in [6.07, 6.45) is 2.55. The first-order chi connectivity index (χ1) is 11.1. The van der Waals surface area contributed by atoms with Crippen LogP contribution in [0.2, 0.25) is 0 Å². The molecule has 0 spiro atoms. The van der Waals surface area contributed by atoms with E-state index in [4.69, 9.17) is 6.11 Å². The summed E-state index contributed by atoms with van der Waals surface area (Å²) >= 11 is 1.25. The molecule has 3 rings (SSSR count). The fourth-order valence-corrected chi connectivity index (χ4v) is 2.46. The van der Waals surface area contributed by atoms with E-state index in [2.05, 4.69) is 20.4 Å². The Kier molecular flexibility index (Phi) is 3.62. The van der Waals surface area contributed by atoms with Gasteiger partial charge in [0.2, 0.25) is 0 Å². The Bertz CT molecular complexity index is 887. The fourth-order valence-electron chi connectivity index (χ4n) is 2.02. The third-order valence-corrected chi connectivity index (χ3v) is 3.78. The summed E-state index contributed by atoms with van der Waals surface area (Å²) in [7, 11) is 1.52. The second-order valence-corrected chi connectivity index (χ2v) is 5.27. The molecule has 3 aromatic rings. The van der Waals surface area contributed by atoms with Crippen molar-refractivity contribution in [2.45, 2.75) is 20.0 Å². The Morgan fingerprint density at radius 2 is 2.27 bits per heavy atom. The third-order valence-electron chi connectivity index (χ3n) is 3.14. The summed E-state index contributed by atoms with van der Waals surface area (Å²) in [5, 5.41) is 9.54. The maximum Gasteiger partial charge on any atom is 0.369 e. The van der Waals surface area contributed by atoms with E-state index in [1.165, 1.54) is 18.4 Å². The fraction of sp³-hybridized carbons (Fsp3) is 0.308. The first-order valence-electron chi connectivity index (χ1n) is 7.11. The predicted octanol–water partition coefficient (Wildman–Crippen LogP) is 0.959. The number of nitrogens with zero attached hydrogens (tertiary/aromatic N) is 6. The van der Waals surface area contributed by atoms with Crippen LogP contribution in [-0.2, 0) is 20.1 Å². The Morgan fingerprint density at radius 3 is 2.91 bits per heavy atom. The number of ether oxygens (including phenoxy) is 1. The lowest BCUT2D eigenvalue weighted by Gasteiger charge is -2.11. The van der Waals surface area contributed by atoms with Crippen LogP contribution in [-0.4, -0.2) is 29.8 Å². The number of tetrazole rings is 1. The van der Waals surface area contributed by atoms with E-state index in [1.807, 2.05) is 13.0 Å². The monoisotopic (exact) mass is 320 g/mol. The maximum absolute atomic E-state index is 12.1. The van der Waals surface area contributed by atoms with Gasteiger partial charge in [-0.05, 0) is 28.5 Å². The lowest BCUT2D eigenvalue weighted by atomic mass is 10.1. The lowest BCUT2D eigenvalue weighted by molar-refractivity contribution is 0.302. The van der Waals surface area contributed by atoms with Crippen molar-refractivity contribution >= 4 is 11.3 Å². The number of aromatic nitrogens is 6. The average Bonchev–Trinajstić information content (AvgIpc) is 3.11. The minimum absolute atomic E-state index is 0.164. The second kappa shape index (κ2) is 6.06. The van der Waals surface area contributed by atoms with E-state index in [1.54, 1.807) is 11.6 Å². The second-order valence-electron chi connectivity index (χ2n) is 4.45. The number of rotatable bonds is 5. The molecule has 0 aliphatic carbocycles. The molecule has 0 amide bonds. The molecule has 0 bridgehead atoms. The molecule has 3 heterocycles. The van der Waals surface area contributed by atoms with Crippen LogP contribution in [0.1, 0.15) is 19.4 Å². The number of aryl methyl sites for hydroxylation is 2. The summed E-state index contributed by atoms with van der Waals surface area (Å²) in [6.45, 7) is 2.19. The molecule has 0 saturated carbocycles. The molecule has 0 atom stereocenters. The molecule has 9 heteroatoms. The van der Waals surface area contributed by atoms with Gasteiger partial charge in [-0.3, -0.25) is 0 Å². The summed E-state index contributed by atoms with van der Waals surface area (Å²) in [4.78, 5) is 20.3. The van der Waals surface area contributed by atoms with Gasteiger partial charge in [-0.1, -0.05) is 18.3 Å². The Balaban J connectivity index is 2.00. The van der Waals surface area contributed by atoms with Gasteiger partial charge in [0.05, 0.1) is 1.37 Å². The van der Waals surface area contributed by atoms with Crippen molar-refractivity contribution < 1.29 is 6.11 Å². The number of hydrogen-bond acceptors (Lipinski definition) is 7. The molecule has 114 valence electrons. The number of thiazole rings is 1. The van der Waals surface area contributed by atoms with E-state index in [9.17, 15) is 4.79 Å². The van der Waals surface area contributed by atoms with Gasteiger partial charge in [0.1, 0.15) is 6.61 Å². The van der Waals surface area contributed by atoms with Gasteiger partial charge in [0.15, 0.2) is 5.82 Å². The Hall–Kier alpha value is -2.55. The van der Waals surface area contributed by atoms with Crippen LogP contribution in [0.15, 0.2) is 28.6 Å². The number of pyridine rings is 1. The van der Waals surface area contributed by atoms with Gasteiger partial charge in [-0.25, -0.2) is 14.8 Å². The minimum Gasteiger partial charge on any atom is -0.465 e. The van der Waals surface area contributed by atoms with Crippen molar-refractivity contribution in [3.8, 4) is 11.0 Å². The molecule has 0 unspecified atom stereocenters. The zero-order valence-electron chi connectivity index (χ0n) is 13.1. The van der Waals surface area contributed by atoms with Crippen molar-refractivity contribution in [1.29, 1.82) is 0 Å². The van der Waals surface area contributed by atoms with E-state index in [0.717, 1.165) is 26.9 Å². The van der Waals surface area contributed by atoms with E-state index >= 15 is 0 Å². The van der Waals surface area contributed by atoms with Gasteiger partial charge in [-0.2, -0.15) is 4.68 Å². The zero-order valence-corrected chi connectivity index (χ0v) is 12.9. The first kappa shape index (κ1) is 13.1. The maximum atomic E-state index is 12.1. The summed E-state index contributed by atoms with van der Waals surface area (Å²) < 4.78 is 15.4. The van der Waals surface area contributed by atoms with E-state index < -0.39 is 0 Å². The Morgan fingerprint density at radius 1 is 1.41 bits per heavy atom. The van der Waals surface area contributed by atoms with Crippen LogP contribution >= 0.6 is 11.3 Å². The molecule has 3 aromatic heterocycles. The molecular weight excluding hydrogens is 304 g/mol. The molecule has 8 nitrogen and oxygen atoms in total. The molecular formula is C13H14N6O2S. The van der Waals surface area contributed by atoms with Gasteiger partial charge >= 0.3 is 5.69 Å². The quantitative estimate of drug-likeness (QED) is 0.696. The standard InChI is InChI=1S/C13H14N6O2S/c1-3-9-4-5-14-11(19-13(20)18(2)16-17-19)10(9)8-21-12-15-6-7-22-12/h4-7H,3,8H2,1-2H3/i6T. The number of hydrogen-bond donors (Lipinski definition) is 0. The Labute approximate surface area is 131 Å². The minimum atomic E-state index is -0.380. The topological polar surface area (TPSA) is 87.7 Å². The molecule has 22 heavy (non-hydrogen) atoms. The highest BCUT2D eigenvalue weighted by atomic mass is 32.1. The predicted molar refractivity (Wildman–Crippen MR) is 80.2 cm³/mol. The van der Waals surface area contributed by atoms with Crippen molar-refractivity contribution in [2.75, 3.05) is 0 Å². The van der Waals surface area contributed by atoms with Gasteiger partial charge < -0.3 is 4.74 Å². The van der Waals surface area contributed by atoms with E-state index in [0.29, 0.717) is 11.0 Å². The molecule has 0 N–H and O–H groups in total. The smallest absolute Gasteiger partial charge is 0.369 e. The van der Waals surface area contributed by atoms with Crippen molar-refractivity contribution in [3.63, 3.8) is 0 Å². The largest absolute Gasteiger partial charge is 0.465 e. The van der Waals surface area contributed by atoms with Crippen LogP contribution in [0, 0.1) is 0 Å². The third kappa shape index (κ3) is 2.62. The summed E-state index contributed by atoms with van der Waals surface area (Å²) in [6, 6.07) is 1.88. The summed E-state index contributed by atoms with van der Waals surface area (Å²) in [5.41, 5.74) is 1.37. The highest BCUT2D eigenvalue weighted by molar-refractivity contribution is 7.11. The molecule has 0 fully saturated rings. The van der Waals surface area contributed by atoms with Gasteiger partial charge in [0.25, 0.3) is 5.19 Å². The SMILES string of the molecule is [3H]c1csc(OCc2c(CC)ccnc2-n2nnn(C)c2=O)n1. The molecule has 0 aromatic carbocycles. The van der Waals surface area contributed by atoms with Crippen molar-refractivity contribution in [2.24, 2.45) is 7.05 Å². The normalized spacial score (nSPS) is 11.5. The van der Waals surface area contributed by atoms with Gasteiger partial charge in [-0.15, -0.1) is 4.68 Å². The average molecular weight is 320 g/mol. The first-order valence-corrected chi connectivity index (χ1v) is 7.49. The summed E-state index contributed by atoms with van der Waals surface area (Å²) in [5.74, 6) is 0.394. The molecule has 0 aliphatic rings. The zero-order chi connectivity index (χ0) is 16.4. The van der Waals surface area contributed by atoms with Crippen LogP contribution in [0.4, 0.5) is 0 Å². The highest BCUT2D eigenvalue weighted by Gasteiger charge is 2.16. The van der Waals surface area contributed by atoms with Crippen LogP contribution in [0.3, 0.4) is 0 Å². The molecule has 0 saturated heterocycles.